The van der Waals surface area contributed by atoms with Gasteiger partial charge in [0.2, 0.25) is 3.79 Å². The van der Waals surface area contributed by atoms with Crippen LogP contribution in [0.1, 0.15) is 0 Å². The highest BCUT2D eigenvalue weighted by molar-refractivity contribution is 6.72. The molecular formula is C7H3Cl6F. The molecule has 0 aliphatic heterocycles. The molecule has 0 spiro atoms. The summed E-state index contributed by atoms with van der Waals surface area (Å²) < 4.78 is 11.1. The maximum absolute atomic E-state index is 12.9. The highest BCUT2D eigenvalue weighted by atomic mass is 35.6. The fourth-order valence-electron chi connectivity index (χ4n) is 0.902. The van der Waals surface area contributed by atoms with Crippen LogP contribution in [0, 0.1) is 0 Å². The molecule has 80 valence electrons. The van der Waals surface area contributed by atoms with Gasteiger partial charge in [-0.15, -0.1) is 23.2 Å². The SMILES string of the molecule is FC1=C(Cl)C(Cl)C(Cl)(C(Cl)(Cl)Cl)C=C1. The minimum atomic E-state index is -1.88. The molecule has 0 N–H and O–H groups in total. The molecule has 0 fully saturated rings. The van der Waals surface area contributed by atoms with Crippen molar-refractivity contribution in [1.82, 2.24) is 0 Å². The topological polar surface area (TPSA) is 0 Å². The molecule has 14 heavy (non-hydrogen) atoms. The highest BCUT2D eigenvalue weighted by Crippen LogP contribution is 2.52. The maximum Gasteiger partial charge on any atom is 0.214 e. The first-order chi connectivity index (χ1) is 6.20. The normalized spacial score (nSPS) is 33.8. The van der Waals surface area contributed by atoms with Crippen LogP contribution in [0.2, 0.25) is 0 Å². The van der Waals surface area contributed by atoms with Crippen LogP contribution < -0.4 is 0 Å². The van der Waals surface area contributed by atoms with Crippen molar-refractivity contribution in [2.75, 3.05) is 0 Å². The summed E-state index contributed by atoms with van der Waals surface area (Å²) in [5, 5.41) is -1.39. The van der Waals surface area contributed by atoms with Crippen molar-refractivity contribution in [3.63, 3.8) is 0 Å². The van der Waals surface area contributed by atoms with Crippen LogP contribution in [-0.2, 0) is 0 Å². The predicted molar refractivity (Wildman–Crippen MR) is 61.6 cm³/mol. The third-order valence-electron chi connectivity index (χ3n) is 1.73. The molecule has 2 atom stereocenters. The molecule has 7 heteroatoms. The van der Waals surface area contributed by atoms with Crippen molar-refractivity contribution >= 4 is 69.6 Å². The third-order valence-corrected chi connectivity index (χ3v) is 4.77. The quantitative estimate of drug-likeness (QED) is 0.555. The second-order valence-corrected chi connectivity index (χ2v) is 6.41. The van der Waals surface area contributed by atoms with Gasteiger partial charge >= 0.3 is 0 Å². The molecule has 1 aliphatic carbocycles. The van der Waals surface area contributed by atoms with E-state index in [4.69, 9.17) is 69.6 Å². The molecule has 0 radical (unpaired) electrons. The molecule has 0 bridgehead atoms. The summed E-state index contributed by atoms with van der Waals surface area (Å²) in [6.07, 6.45) is 2.20. The van der Waals surface area contributed by atoms with Gasteiger partial charge in [0, 0.05) is 0 Å². The number of hydrogen-bond acceptors (Lipinski definition) is 0. The highest BCUT2D eigenvalue weighted by Gasteiger charge is 2.53. The third kappa shape index (κ3) is 2.14. The van der Waals surface area contributed by atoms with Gasteiger partial charge in [-0.3, -0.25) is 0 Å². The average molecular weight is 319 g/mol. The molecule has 0 saturated heterocycles. The van der Waals surface area contributed by atoms with Crippen LogP contribution >= 0.6 is 69.6 Å². The lowest BCUT2D eigenvalue weighted by atomic mass is 10.00. The molecule has 1 aliphatic rings. The lowest BCUT2D eigenvalue weighted by molar-refractivity contribution is 0.619. The minimum absolute atomic E-state index is 0.268. The van der Waals surface area contributed by atoms with Gasteiger partial charge in [-0.1, -0.05) is 52.5 Å². The zero-order chi connectivity index (χ0) is 11.1. The summed E-state index contributed by atoms with van der Waals surface area (Å²) in [6, 6.07) is 0. The maximum atomic E-state index is 12.9. The van der Waals surface area contributed by atoms with E-state index in [0.29, 0.717) is 0 Å². The number of halogens is 7. The van der Waals surface area contributed by atoms with E-state index in [0.717, 1.165) is 6.08 Å². The van der Waals surface area contributed by atoms with Crippen molar-refractivity contribution in [1.29, 1.82) is 0 Å². The predicted octanol–water partition coefficient (Wildman–Crippen LogP) is 4.93. The van der Waals surface area contributed by atoms with Crippen molar-refractivity contribution in [2.45, 2.75) is 14.0 Å². The minimum Gasteiger partial charge on any atom is -0.206 e. The summed E-state index contributed by atoms with van der Waals surface area (Å²) in [5.41, 5.74) is 0. The van der Waals surface area contributed by atoms with Crippen molar-refractivity contribution in [3.8, 4) is 0 Å². The lowest BCUT2D eigenvalue weighted by Crippen LogP contribution is -2.45. The van der Waals surface area contributed by atoms with E-state index in [9.17, 15) is 4.39 Å². The fraction of sp³-hybridized carbons (Fsp3) is 0.429. The Kier molecular flexibility index (Phi) is 3.96. The molecular weight excluding hydrogens is 316 g/mol. The molecule has 0 nitrogen and oxygen atoms in total. The molecule has 1 rings (SSSR count). The van der Waals surface area contributed by atoms with Crippen LogP contribution in [0.5, 0.6) is 0 Å². The molecule has 0 aromatic rings. The van der Waals surface area contributed by atoms with Gasteiger partial charge in [0.05, 0.1) is 10.4 Å². The fourth-order valence-corrected chi connectivity index (χ4v) is 2.39. The summed E-state index contributed by atoms with van der Waals surface area (Å²) in [5.74, 6) is -0.683. The first kappa shape index (κ1) is 13.2. The van der Waals surface area contributed by atoms with E-state index in [1.165, 1.54) is 6.08 Å². The van der Waals surface area contributed by atoms with Crippen LogP contribution in [0.3, 0.4) is 0 Å². The van der Waals surface area contributed by atoms with E-state index in [1.54, 1.807) is 0 Å². The molecule has 0 aromatic carbocycles. The number of allylic oxidation sites excluding steroid dienone is 4. The monoisotopic (exact) mass is 316 g/mol. The smallest absolute Gasteiger partial charge is 0.206 e. The summed E-state index contributed by atoms with van der Waals surface area (Å²) in [6.45, 7) is 0. The van der Waals surface area contributed by atoms with Crippen molar-refractivity contribution < 1.29 is 4.39 Å². The standard InChI is InChI=1S/C7H3Cl6F/c8-4-3(14)1-2-6(10,5(4)9)7(11,12)13/h1-2,5H. The summed E-state index contributed by atoms with van der Waals surface area (Å²) in [7, 11) is 0. The van der Waals surface area contributed by atoms with Gasteiger partial charge in [0.25, 0.3) is 0 Å². The second-order valence-electron chi connectivity index (χ2n) is 2.66. The first-order valence-electron chi connectivity index (χ1n) is 3.34. The largest absolute Gasteiger partial charge is 0.214 e. The van der Waals surface area contributed by atoms with Crippen LogP contribution in [-0.4, -0.2) is 14.0 Å². The van der Waals surface area contributed by atoms with E-state index >= 15 is 0 Å². The van der Waals surface area contributed by atoms with Crippen LogP contribution in [0.25, 0.3) is 0 Å². The Morgan fingerprint density at radius 2 is 1.86 bits per heavy atom. The number of rotatable bonds is 0. The van der Waals surface area contributed by atoms with E-state index < -0.39 is 19.9 Å². The summed E-state index contributed by atoms with van der Waals surface area (Å²) >= 11 is 34.2. The molecule has 0 saturated carbocycles. The Labute approximate surface area is 111 Å². The zero-order valence-corrected chi connectivity index (χ0v) is 10.9. The van der Waals surface area contributed by atoms with Gasteiger partial charge in [0.15, 0.2) is 0 Å². The molecule has 0 amide bonds. The lowest BCUT2D eigenvalue weighted by Gasteiger charge is -2.36. The van der Waals surface area contributed by atoms with E-state index in [2.05, 4.69) is 0 Å². The first-order valence-corrected chi connectivity index (χ1v) is 5.67. The Balaban J connectivity index is 3.15. The van der Waals surface area contributed by atoms with Gasteiger partial charge < -0.3 is 0 Å². The molecule has 0 heterocycles. The second kappa shape index (κ2) is 4.20. The van der Waals surface area contributed by atoms with Crippen molar-refractivity contribution in [2.24, 2.45) is 0 Å². The van der Waals surface area contributed by atoms with E-state index in [-0.39, 0.29) is 5.03 Å². The van der Waals surface area contributed by atoms with Gasteiger partial charge in [-0.05, 0) is 6.08 Å². The molecule has 2 unspecified atom stereocenters. The zero-order valence-electron chi connectivity index (χ0n) is 6.38. The Bertz CT molecular complexity index is 304. The van der Waals surface area contributed by atoms with Crippen LogP contribution in [0.15, 0.2) is 23.0 Å². The van der Waals surface area contributed by atoms with Gasteiger partial charge in [-0.2, -0.15) is 0 Å². The van der Waals surface area contributed by atoms with E-state index in [1.807, 2.05) is 0 Å². The Morgan fingerprint density at radius 1 is 1.36 bits per heavy atom. The average Bonchev–Trinajstić information content (AvgIpc) is 2.06. The van der Waals surface area contributed by atoms with Crippen molar-refractivity contribution in [3.05, 3.63) is 23.0 Å². The Hall–Kier alpha value is 1.15. The Morgan fingerprint density at radius 3 is 2.29 bits per heavy atom. The molecule has 0 aromatic heterocycles. The van der Waals surface area contributed by atoms with Crippen LogP contribution in [0.4, 0.5) is 4.39 Å². The number of hydrogen-bond donors (Lipinski definition) is 0. The number of alkyl halides is 5. The van der Waals surface area contributed by atoms with Gasteiger partial charge in [0.1, 0.15) is 10.7 Å². The van der Waals surface area contributed by atoms with Gasteiger partial charge in [-0.25, -0.2) is 4.39 Å². The summed E-state index contributed by atoms with van der Waals surface area (Å²) in [4.78, 5) is -1.55.